The molecule has 0 spiro atoms. The molecule has 0 bridgehead atoms. The molecule has 1 fully saturated rings. The van der Waals surface area contributed by atoms with Crippen LogP contribution >= 0.6 is 11.3 Å². The van der Waals surface area contributed by atoms with Crippen molar-refractivity contribution in [2.24, 2.45) is 11.8 Å². The third-order valence-corrected chi connectivity index (χ3v) is 4.22. The standard InChI is InChI=1S/C12H18OS/c1-9-6-10(2)8-12(13,7-9)11-4-3-5-14-11/h3-5,9-10,13H,6-8H2,1-2H3. The second kappa shape index (κ2) is 3.67. The highest BCUT2D eigenvalue weighted by Gasteiger charge is 2.37. The molecule has 1 heterocycles. The molecule has 2 rings (SSSR count). The smallest absolute Gasteiger partial charge is 0.0992 e. The fourth-order valence-corrected chi connectivity index (χ4v) is 3.68. The maximum Gasteiger partial charge on any atom is 0.0992 e. The molecule has 0 amide bonds. The Labute approximate surface area is 89.8 Å². The molecule has 2 unspecified atom stereocenters. The Morgan fingerprint density at radius 2 is 2.00 bits per heavy atom. The summed E-state index contributed by atoms with van der Waals surface area (Å²) in [6.07, 6.45) is 3.11. The van der Waals surface area contributed by atoms with Gasteiger partial charge in [0, 0.05) is 4.88 Å². The fourth-order valence-electron chi connectivity index (χ4n) is 2.83. The lowest BCUT2D eigenvalue weighted by Gasteiger charge is -2.38. The molecule has 14 heavy (non-hydrogen) atoms. The number of thiophene rings is 1. The first kappa shape index (κ1) is 10.2. The number of hydrogen-bond donors (Lipinski definition) is 1. The van der Waals surface area contributed by atoms with Crippen molar-refractivity contribution in [3.63, 3.8) is 0 Å². The van der Waals surface area contributed by atoms with Gasteiger partial charge in [0.25, 0.3) is 0 Å². The predicted molar refractivity (Wildman–Crippen MR) is 60.4 cm³/mol. The summed E-state index contributed by atoms with van der Waals surface area (Å²) in [4.78, 5) is 1.15. The molecule has 0 aromatic carbocycles. The average Bonchev–Trinajstić information content (AvgIpc) is 2.52. The normalized spacial score (nSPS) is 38.5. The average molecular weight is 210 g/mol. The van der Waals surface area contributed by atoms with E-state index in [-0.39, 0.29) is 0 Å². The fraction of sp³-hybridized carbons (Fsp3) is 0.667. The molecule has 2 heteroatoms. The number of aliphatic hydroxyl groups is 1. The van der Waals surface area contributed by atoms with Crippen LogP contribution in [-0.2, 0) is 5.60 Å². The zero-order valence-electron chi connectivity index (χ0n) is 8.86. The van der Waals surface area contributed by atoms with Gasteiger partial charge in [-0.25, -0.2) is 0 Å². The summed E-state index contributed by atoms with van der Waals surface area (Å²) in [5.41, 5.74) is -0.536. The van der Waals surface area contributed by atoms with Crippen molar-refractivity contribution in [1.82, 2.24) is 0 Å². The molecule has 1 saturated carbocycles. The van der Waals surface area contributed by atoms with Crippen molar-refractivity contribution in [2.45, 2.75) is 38.7 Å². The summed E-state index contributed by atoms with van der Waals surface area (Å²) in [6.45, 7) is 4.49. The van der Waals surface area contributed by atoms with Crippen molar-refractivity contribution >= 4 is 11.3 Å². The molecular formula is C12H18OS. The summed E-state index contributed by atoms with van der Waals surface area (Å²) in [7, 11) is 0. The Kier molecular flexibility index (Phi) is 2.67. The van der Waals surface area contributed by atoms with Gasteiger partial charge in [-0.1, -0.05) is 19.9 Å². The lowest BCUT2D eigenvalue weighted by atomic mass is 9.73. The minimum Gasteiger partial charge on any atom is -0.384 e. The monoisotopic (exact) mass is 210 g/mol. The van der Waals surface area contributed by atoms with Gasteiger partial charge in [0.05, 0.1) is 5.60 Å². The summed E-state index contributed by atoms with van der Waals surface area (Å²) >= 11 is 1.68. The topological polar surface area (TPSA) is 20.2 Å². The Morgan fingerprint density at radius 3 is 2.50 bits per heavy atom. The molecule has 1 aliphatic carbocycles. The van der Waals surface area contributed by atoms with E-state index in [2.05, 4.69) is 25.3 Å². The largest absolute Gasteiger partial charge is 0.384 e. The van der Waals surface area contributed by atoms with Gasteiger partial charge in [-0.3, -0.25) is 0 Å². The van der Waals surface area contributed by atoms with Crippen molar-refractivity contribution in [3.05, 3.63) is 22.4 Å². The van der Waals surface area contributed by atoms with Gasteiger partial charge in [0.15, 0.2) is 0 Å². The molecule has 0 aliphatic heterocycles. The highest BCUT2D eigenvalue weighted by Crippen LogP contribution is 2.43. The molecular weight excluding hydrogens is 192 g/mol. The molecule has 2 atom stereocenters. The van der Waals surface area contributed by atoms with E-state index in [9.17, 15) is 5.11 Å². The Bertz CT molecular complexity index is 281. The quantitative estimate of drug-likeness (QED) is 0.753. The van der Waals surface area contributed by atoms with E-state index in [0.29, 0.717) is 11.8 Å². The molecule has 0 radical (unpaired) electrons. The van der Waals surface area contributed by atoms with E-state index in [1.807, 2.05) is 6.07 Å². The van der Waals surface area contributed by atoms with Gasteiger partial charge in [-0.05, 0) is 42.5 Å². The zero-order chi connectivity index (χ0) is 10.2. The maximum absolute atomic E-state index is 10.6. The van der Waals surface area contributed by atoms with Gasteiger partial charge in [0.2, 0.25) is 0 Å². The van der Waals surface area contributed by atoms with Crippen LogP contribution in [0.4, 0.5) is 0 Å². The summed E-state index contributed by atoms with van der Waals surface area (Å²) in [5.74, 6) is 1.29. The Balaban J connectivity index is 2.22. The van der Waals surface area contributed by atoms with Crippen LogP contribution in [0.15, 0.2) is 17.5 Å². The molecule has 78 valence electrons. The molecule has 1 aromatic heterocycles. The minimum atomic E-state index is -0.536. The van der Waals surface area contributed by atoms with Gasteiger partial charge < -0.3 is 5.11 Å². The van der Waals surface area contributed by atoms with Crippen LogP contribution < -0.4 is 0 Å². The van der Waals surface area contributed by atoms with Gasteiger partial charge in [-0.15, -0.1) is 11.3 Å². The van der Waals surface area contributed by atoms with Crippen LogP contribution in [0.25, 0.3) is 0 Å². The summed E-state index contributed by atoms with van der Waals surface area (Å²) in [6, 6.07) is 4.09. The third-order valence-electron chi connectivity index (χ3n) is 3.16. The minimum absolute atomic E-state index is 0.536. The van der Waals surface area contributed by atoms with Gasteiger partial charge in [-0.2, -0.15) is 0 Å². The van der Waals surface area contributed by atoms with E-state index < -0.39 is 5.60 Å². The first-order chi connectivity index (χ1) is 6.60. The van der Waals surface area contributed by atoms with Crippen LogP contribution in [0.2, 0.25) is 0 Å². The predicted octanol–water partition coefficient (Wildman–Crippen LogP) is 3.39. The SMILES string of the molecule is CC1CC(C)CC(O)(c2cccs2)C1. The van der Waals surface area contributed by atoms with Crippen molar-refractivity contribution < 1.29 is 5.11 Å². The van der Waals surface area contributed by atoms with E-state index >= 15 is 0 Å². The molecule has 1 N–H and O–H groups in total. The number of rotatable bonds is 1. The molecule has 1 aromatic rings. The highest BCUT2D eigenvalue weighted by molar-refractivity contribution is 7.10. The second-order valence-electron chi connectivity index (χ2n) is 4.86. The van der Waals surface area contributed by atoms with E-state index in [0.717, 1.165) is 17.7 Å². The lowest BCUT2D eigenvalue weighted by Crippen LogP contribution is -2.34. The lowest BCUT2D eigenvalue weighted by molar-refractivity contribution is -0.0332. The first-order valence-electron chi connectivity index (χ1n) is 5.36. The molecule has 1 nitrogen and oxygen atoms in total. The van der Waals surface area contributed by atoms with Gasteiger partial charge in [0.1, 0.15) is 0 Å². The van der Waals surface area contributed by atoms with Crippen LogP contribution in [0.1, 0.15) is 38.0 Å². The van der Waals surface area contributed by atoms with Crippen molar-refractivity contribution in [3.8, 4) is 0 Å². The third kappa shape index (κ3) is 1.86. The Morgan fingerprint density at radius 1 is 1.36 bits per heavy atom. The van der Waals surface area contributed by atoms with E-state index in [4.69, 9.17) is 0 Å². The summed E-state index contributed by atoms with van der Waals surface area (Å²) < 4.78 is 0. The molecule has 0 saturated heterocycles. The van der Waals surface area contributed by atoms with E-state index in [1.165, 1.54) is 6.42 Å². The van der Waals surface area contributed by atoms with Crippen LogP contribution in [-0.4, -0.2) is 5.11 Å². The first-order valence-corrected chi connectivity index (χ1v) is 6.24. The van der Waals surface area contributed by atoms with E-state index in [1.54, 1.807) is 11.3 Å². The molecule has 1 aliphatic rings. The maximum atomic E-state index is 10.6. The van der Waals surface area contributed by atoms with Crippen LogP contribution in [0.5, 0.6) is 0 Å². The number of hydrogen-bond acceptors (Lipinski definition) is 2. The van der Waals surface area contributed by atoms with Crippen molar-refractivity contribution in [2.75, 3.05) is 0 Å². The zero-order valence-corrected chi connectivity index (χ0v) is 9.68. The van der Waals surface area contributed by atoms with Crippen LogP contribution in [0.3, 0.4) is 0 Å². The highest BCUT2D eigenvalue weighted by atomic mass is 32.1. The van der Waals surface area contributed by atoms with Gasteiger partial charge >= 0.3 is 0 Å². The second-order valence-corrected chi connectivity index (χ2v) is 5.81. The van der Waals surface area contributed by atoms with Crippen molar-refractivity contribution in [1.29, 1.82) is 0 Å². The Hall–Kier alpha value is -0.340. The van der Waals surface area contributed by atoms with Crippen LogP contribution in [0, 0.1) is 11.8 Å². The summed E-state index contributed by atoms with van der Waals surface area (Å²) in [5, 5.41) is 12.6.